The predicted octanol–water partition coefficient (Wildman–Crippen LogP) is 3.06. The van der Waals surface area contributed by atoms with Gasteiger partial charge in [0.15, 0.2) is 11.4 Å². The maximum atomic E-state index is 10.3. The molecule has 2 aromatic rings. The van der Waals surface area contributed by atoms with Crippen LogP contribution in [0.1, 0.15) is 31.0 Å². The molecule has 0 aliphatic rings. The van der Waals surface area contributed by atoms with Crippen LogP contribution in [0.5, 0.6) is 0 Å². The van der Waals surface area contributed by atoms with Crippen LogP contribution in [0.25, 0.3) is 0 Å². The minimum atomic E-state index is -0.990. The van der Waals surface area contributed by atoms with Gasteiger partial charge in [-0.3, -0.25) is 0 Å². The maximum absolute atomic E-state index is 10.3. The molecule has 0 atom stereocenters. The van der Waals surface area contributed by atoms with Crippen LogP contribution < -0.4 is 0 Å². The largest absolute Gasteiger partial charge is 0.476 e. The van der Waals surface area contributed by atoms with Crippen LogP contribution in [-0.4, -0.2) is 32.1 Å². The van der Waals surface area contributed by atoms with Gasteiger partial charge < -0.3 is 10.2 Å². The lowest BCUT2D eigenvalue weighted by Gasteiger charge is -1.83. The molecule has 0 radical (unpaired) electrons. The Balaban J connectivity index is 0.000000191. The number of carbonyl (C=O) groups is 2. The fourth-order valence-corrected chi connectivity index (χ4v) is 3.17. The highest BCUT2D eigenvalue weighted by atomic mass is 79.9. The molecule has 0 spiro atoms. The van der Waals surface area contributed by atoms with E-state index >= 15 is 0 Å². The number of halogens is 1. The minimum absolute atomic E-state index is 0.0995. The Kier molecular flexibility index (Phi) is 5.58. The molecule has 102 valence electrons. The summed E-state index contributed by atoms with van der Waals surface area (Å²) in [7, 11) is 0. The minimum Gasteiger partial charge on any atom is -0.476 e. The number of aromatic nitrogens is 2. The quantitative estimate of drug-likeness (QED) is 0.848. The van der Waals surface area contributed by atoms with Gasteiger partial charge >= 0.3 is 11.9 Å². The van der Waals surface area contributed by atoms with Crippen molar-refractivity contribution >= 4 is 50.5 Å². The smallest absolute Gasteiger partial charge is 0.356 e. The number of hydrogen-bond acceptors (Lipinski definition) is 6. The lowest BCUT2D eigenvalue weighted by atomic mass is 10.5. The number of carboxylic acids is 2. The Labute approximate surface area is 124 Å². The Bertz CT molecular complexity index is 608. The summed E-state index contributed by atoms with van der Waals surface area (Å²) in [6.07, 6.45) is 0. The second-order valence-corrected chi connectivity index (χ2v) is 6.80. The molecule has 2 rings (SSSR count). The first-order valence-corrected chi connectivity index (χ1v) is 7.31. The van der Waals surface area contributed by atoms with Crippen molar-refractivity contribution in [2.45, 2.75) is 13.8 Å². The van der Waals surface area contributed by atoms with Gasteiger partial charge in [-0.1, -0.05) is 0 Å². The molecule has 0 amide bonds. The molecule has 9 heteroatoms. The van der Waals surface area contributed by atoms with E-state index in [9.17, 15) is 9.59 Å². The van der Waals surface area contributed by atoms with Crippen molar-refractivity contribution < 1.29 is 19.8 Å². The van der Waals surface area contributed by atoms with Gasteiger partial charge in [-0.15, -0.1) is 22.7 Å². The maximum Gasteiger partial charge on any atom is 0.356 e. The summed E-state index contributed by atoms with van der Waals surface area (Å²) in [4.78, 5) is 28.0. The van der Waals surface area contributed by atoms with Gasteiger partial charge in [-0.25, -0.2) is 19.6 Å². The molecule has 0 aliphatic heterocycles. The average molecular weight is 365 g/mol. The average Bonchev–Trinajstić information content (AvgIpc) is 2.85. The summed E-state index contributed by atoms with van der Waals surface area (Å²) in [5.74, 6) is -1.95. The number of carboxylic acid groups (broad SMARTS) is 2. The first-order valence-electron chi connectivity index (χ1n) is 4.83. The molecule has 2 heterocycles. The molecule has 2 aromatic heterocycles. The molecule has 0 bridgehead atoms. The summed E-state index contributed by atoms with van der Waals surface area (Å²) < 4.78 is 0.581. The van der Waals surface area contributed by atoms with E-state index in [-0.39, 0.29) is 11.4 Å². The molecule has 19 heavy (non-hydrogen) atoms. The van der Waals surface area contributed by atoms with E-state index in [1.807, 2.05) is 0 Å². The van der Waals surface area contributed by atoms with Crippen LogP contribution >= 0.6 is 38.6 Å². The third-order valence-corrected chi connectivity index (χ3v) is 4.13. The van der Waals surface area contributed by atoms with E-state index in [1.54, 1.807) is 13.8 Å². The first kappa shape index (κ1) is 15.7. The number of rotatable bonds is 2. The van der Waals surface area contributed by atoms with Crippen molar-refractivity contribution in [2.24, 2.45) is 0 Å². The van der Waals surface area contributed by atoms with Crippen LogP contribution in [-0.2, 0) is 0 Å². The fraction of sp³-hybridized carbons (Fsp3) is 0.200. The monoisotopic (exact) mass is 364 g/mol. The van der Waals surface area contributed by atoms with Gasteiger partial charge in [-0.05, 0) is 29.8 Å². The van der Waals surface area contributed by atoms with Gasteiger partial charge in [0.1, 0.15) is 3.79 Å². The zero-order valence-electron chi connectivity index (χ0n) is 9.88. The van der Waals surface area contributed by atoms with Crippen molar-refractivity contribution in [2.75, 3.05) is 0 Å². The van der Waals surface area contributed by atoms with Crippen LogP contribution in [0.3, 0.4) is 0 Å². The summed E-state index contributed by atoms with van der Waals surface area (Å²) in [6, 6.07) is 0. The highest BCUT2D eigenvalue weighted by molar-refractivity contribution is 9.11. The molecule has 0 aromatic carbocycles. The van der Waals surface area contributed by atoms with Crippen molar-refractivity contribution in [3.8, 4) is 0 Å². The Morgan fingerprint density at radius 1 is 1.16 bits per heavy atom. The van der Waals surface area contributed by atoms with E-state index in [1.165, 1.54) is 28.1 Å². The van der Waals surface area contributed by atoms with Crippen molar-refractivity contribution in [1.82, 2.24) is 9.97 Å². The molecular weight excluding hydrogens is 356 g/mol. The van der Waals surface area contributed by atoms with Gasteiger partial charge in [0.05, 0.1) is 10.0 Å². The van der Waals surface area contributed by atoms with Gasteiger partial charge in [-0.2, -0.15) is 0 Å². The van der Waals surface area contributed by atoms with Crippen LogP contribution in [0.15, 0.2) is 9.17 Å². The molecule has 2 N–H and O–H groups in total. The zero-order chi connectivity index (χ0) is 14.6. The molecular formula is C10H9BrN2O4S2. The predicted molar refractivity (Wildman–Crippen MR) is 75.3 cm³/mol. The van der Waals surface area contributed by atoms with E-state index in [0.29, 0.717) is 3.79 Å². The number of hydrogen-bond donors (Lipinski definition) is 2. The number of nitrogens with zero attached hydrogens (tertiary/aromatic N) is 2. The second kappa shape index (κ2) is 6.73. The standard InChI is InChI=1S/C5H4BrNO2S.C5H5NO2S/c1-2-7-3(5(8)9)4(6)10-2;1-3-6-4(2-9-3)5(7)8/h1H3,(H,8,9);2H,1H3,(H,7,8). The first-order chi connectivity index (χ1) is 8.81. The van der Waals surface area contributed by atoms with Crippen molar-refractivity contribution in [3.05, 3.63) is 30.6 Å². The third kappa shape index (κ3) is 4.69. The van der Waals surface area contributed by atoms with E-state index in [0.717, 1.165) is 10.0 Å². The number of aromatic carboxylic acids is 2. The Hall–Kier alpha value is -1.32. The summed E-state index contributed by atoms with van der Waals surface area (Å²) >= 11 is 5.76. The normalized spacial score (nSPS) is 9.63. The van der Waals surface area contributed by atoms with Gasteiger partial charge in [0, 0.05) is 5.38 Å². The second-order valence-electron chi connectivity index (χ2n) is 3.22. The van der Waals surface area contributed by atoms with Crippen molar-refractivity contribution in [3.63, 3.8) is 0 Å². The summed E-state index contributed by atoms with van der Waals surface area (Å²) in [5, 5.41) is 19.9. The third-order valence-electron chi connectivity index (χ3n) is 1.73. The van der Waals surface area contributed by atoms with Crippen molar-refractivity contribution in [1.29, 1.82) is 0 Å². The lowest BCUT2D eigenvalue weighted by Crippen LogP contribution is -1.96. The fourth-order valence-electron chi connectivity index (χ4n) is 0.996. The van der Waals surface area contributed by atoms with Gasteiger partial charge in [0.2, 0.25) is 0 Å². The van der Waals surface area contributed by atoms with E-state index in [2.05, 4.69) is 25.9 Å². The molecule has 0 saturated carbocycles. The van der Waals surface area contributed by atoms with E-state index < -0.39 is 11.9 Å². The number of thiazole rings is 2. The van der Waals surface area contributed by atoms with Crippen LogP contribution in [0, 0.1) is 13.8 Å². The Morgan fingerprint density at radius 2 is 1.79 bits per heavy atom. The molecule has 0 aliphatic carbocycles. The molecule has 6 nitrogen and oxygen atoms in total. The van der Waals surface area contributed by atoms with Crippen LogP contribution in [0.2, 0.25) is 0 Å². The SMILES string of the molecule is Cc1nc(C(=O)O)c(Br)s1.Cc1nc(C(=O)O)cs1. The van der Waals surface area contributed by atoms with Gasteiger partial charge in [0.25, 0.3) is 0 Å². The highest BCUT2D eigenvalue weighted by Gasteiger charge is 2.12. The highest BCUT2D eigenvalue weighted by Crippen LogP contribution is 2.23. The Morgan fingerprint density at radius 3 is 2.00 bits per heavy atom. The zero-order valence-corrected chi connectivity index (χ0v) is 13.1. The van der Waals surface area contributed by atoms with Crippen LogP contribution in [0.4, 0.5) is 0 Å². The topological polar surface area (TPSA) is 100 Å². The van der Waals surface area contributed by atoms with E-state index in [4.69, 9.17) is 10.2 Å². The lowest BCUT2D eigenvalue weighted by molar-refractivity contribution is 0.0680. The number of aryl methyl sites for hydroxylation is 2. The molecule has 0 unspecified atom stereocenters. The molecule has 0 fully saturated rings. The summed E-state index contributed by atoms with van der Waals surface area (Å²) in [6.45, 7) is 3.54. The summed E-state index contributed by atoms with van der Waals surface area (Å²) in [5.41, 5.74) is 0.236. The molecule has 0 saturated heterocycles.